The molecule has 1 unspecified atom stereocenters. The van der Waals surface area contributed by atoms with E-state index in [1.807, 2.05) is 6.92 Å². The molecule has 1 atom stereocenters. The SMILES string of the molecule is CCCCC(CN)NC(=O)c1cc(C)ccc1NS(C)(=O)=O. The van der Waals surface area contributed by atoms with Crippen LogP contribution >= 0.6 is 0 Å². The Bertz CT molecular complexity index is 614. The molecule has 0 fully saturated rings. The number of hydrogen-bond donors (Lipinski definition) is 3. The molecule has 0 aliphatic heterocycles. The molecule has 0 aliphatic carbocycles. The Balaban J connectivity index is 2.98. The number of carbonyl (C=O) groups excluding carboxylic acids is 1. The second-order valence-corrected chi connectivity index (χ2v) is 7.22. The van der Waals surface area contributed by atoms with Crippen molar-refractivity contribution >= 4 is 21.6 Å². The summed E-state index contributed by atoms with van der Waals surface area (Å²) in [6, 6.07) is 4.89. The van der Waals surface area contributed by atoms with Crippen LogP contribution < -0.4 is 15.8 Å². The molecule has 0 spiro atoms. The highest BCUT2D eigenvalue weighted by Gasteiger charge is 2.17. The Morgan fingerprint density at radius 1 is 1.36 bits per heavy atom. The van der Waals surface area contributed by atoms with Crippen LogP contribution in [0.2, 0.25) is 0 Å². The zero-order chi connectivity index (χ0) is 16.8. The highest BCUT2D eigenvalue weighted by atomic mass is 32.2. The summed E-state index contributed by atoms with van der Waals surface area (Å²) < 4.78 is 25.2. The van der Waals surface area contributed by atoms with E-state index in [2.05, 4.69) is 17.0 Å². The fourth-order valence-corrected chi connectivity index (χ4v) is 2.67. The van der Waals surface area contributed by atoms with Crippen molar-refractivity contribution in [3.05, 3.63) is 29.3 Å². The summed E-state index contributed by atoms with van der Waals surface area (Å²) in [5.74, 6) is -0.318. The van der Waals surface area contributed by atoms with Gasteiger partial charge in [0.1, 0.15) is 0 Å². The van der Waals surface area contributed by atoms with Crippen molar-refractivity contribution in [2.24, 2.45) is 5.73 Å². The molecular formula is C15H25N3O3S. The maximum atomic E-state index is 12.4. The summed E-state index contributed by atoms with van der Waals surface area (Å²) in [5, 5.41) is 2.87. The van der Waals surface area contributed by atoms with Gasteiger partial charge in [0.2, 0.25) is 10.0 Å². The number of benzene rings is 1. The lowest BCUT2D eigenvalue weighted by molar-refractivity contribution is 0.0936. The third kappa shape index (κ3) is 6.03. The Hall–Kier alpha value is -1.60. The lowest BCUT2D eigenvalue weighted by Crippen LogP contribution is -2.40. The minimum Gasteiger partial charge on any atom is -0.348 e. The zero-order valence-electron chi connectivity index (χ0n) is 13.3. The van der Waals surface area contributed by atoms with Gasteiger partial charge in [0, 0.05) is 12.6 Å². The largest absolute Gasteiger partial charge is 0.348 e. The van der Waals surface area contributed by atoms with Gasteiger partial charge in [-0.3, -0.25) is 9.52 Å². The molecule has 0 aromatic heterocycles. The Morgan fingerprint density at radius 2 is 2.05 bits per heavy atom. The van der Waals surface area contributed by atoms with E-state index in [-0.39, 0.29) is 17.6 Å². The number of sulfonamides is 1. The van der Waals surface area contributed by atoms with Crippen molar-refractivity contribution in [1.82, 2.24) is 5.32 Å². The van der Waals surface area contributed by atoms with Crippen LogP contribution in [0.15, 0.2) is 18.2 Å². The number of rotatable bonds is 8. The molecular weight excluding hydrogens is 302 g/mol. The van der Waals surface area contributed by atoms with Crippen LogP contribution in [-0.4, -0.2) is 33.2 Å². The normalized spacial score (nSPS) is 12.7. The van der Waals surface area contributed by atoms with Crippen LogP contribution in [0.25, 0.3) is 0 Å². The first-order valence-corrected chi connectivity index (χ1v) is 9.25. The van der Waals surface area contributed by atoms with Gasteiger partial charge in [0.15, 0.2) is 0 Å². The number of aryl methyl sites for hydroxylation is 1. The number of nitrogens with one attached hydrogen (secondary N) is 2. The number of unbranched alkanes of at least 4 members (excludes halogenated alkanes) is 1. The standard InChI is InChI=1S/C15H25N3O3S/c1-4-5-6-12(10-16)17-15(19)13-9-11(2)7-8-14(13)18-22(3,20)21/h7-9,12,18H,4-6,10,16H2,1-3H3,(H,17,19). The van der Waals surface area contributed by atoms with E-state index in [1.165, 1.54) is 0 Å². The van der Waals surface area contributed by atoms with Crippen molar-refractivity contribution in [1.29, 1.82) is 0 Å². The van der Waals surface area contributed by atoms with E-state index in [0.717, 1.165) is 31.1 Å². The zero-order valence-corrected chi connectivity index (χ0v) is 14.2. The molecule has 0 aliphatic rings. The van der Waals surface area contributed by atoms with Gasteiger partial charge in [-0.25, -0.2) is 8.42 Å². The number of carbonyl (C=O) groups is 1. The van der Waals surface area contributed by atoms with Gasteiger partial charge < -0.3 is 11.1 Å². The number of nitrogens with two attached hydrogens (primary N) is 1. The highest BCUT2D eigenvalue weighted by molar-refractivity contribution is 7.92. The van der Waals surface area contributed by atoms with Crippen LogP contribution in [-0.2, 0) is 10.0 Å². The lowest BCUT2D eigenvalue weighted by Gasteiger charge is -2.18. The van der Waals surface area contributed by atoms with Crippen molar-refractivity contribution in [3.8, 4) is 0 Å². The highest BCUT2D eigenvalue weighted by Crippen LogP contribution is 2.19. The van der Waals surface area contributed by atoms with Gasteiger partial charge in [-0.2, -0.15) is 0 Å². The fraction of sp³-hybridized carbons (Fsp3) is 0.533. The molecule has 0 radical (unpaired) electrons. The van der Waals surface area contributed by atoms with Crippen LogP contribution in [0.5, 0.6) is 0 Å². The van der Waals surface area contributed by atoms with Gasteiger partial charge >= 0.3 is 0 Å². The number of anilines is 1. The van der Waals surface area contributed by atoms with Crippen LogP contribution in [0.1, 0.15) is 42.1 Å². The topological polar surface area (TPSA) is 101 Å². The monoisotopic (exact) mass is 327 g/mol. The minimum absolute atomic E-state index is 0.112. The molecule has 22 heavy (non-hydrogen) atoms. The van der Waals surface area contributed by atoms with Crippen molar-refractivity contribution in [3.63, 3.8) is 0 Å². The minimum atomic E-state index is -3.45. The van der Waals surface area contributed by atoms with E-state index in [1.54, 1.807) is 18.2 Å². The van der Waals surface area contributed by atoms with Gasteiger partial charge in [-0.15, -0.1) is 0 Å². The summed E-state index contributed by atoms with van der Waals surface area (Å²) >= 11 is 0. The average Bonchev–Trinajstić information content (AvgIpc) is 2.43. The van der Waals surface area contributed by atoms with E-state index >= 15 is 0 Å². The predicted octanol–water partition coefficient (Wildman–Crippen LogP) is 1.61. The predicted molar refractivity (Wildman–Crippen MR) is 89.5 cm³/mol. The average molecular weight is 327 g/mol. The molecule has 0 heterocycles. The molecule has 1 rings (SSSR count). The third-order valence-electron chi connectivity index (χ3n) is 3.24. The maximum Gasteiger partial charge on any atom is 0.253 e. The summed E-state index contributed by atoms with van der Waals surface area (Å²) in [5.41, 5.74) is 7.14. The van der Waals surface area contributed by atoms with Crippen molar-refractivity contribution in [2.75, 3.05) is 17.5 Å². The Morgan fingerprint density at radius 3 is 2.59 bits per heavy atom. The molecule has 1 aromatic carbocycles. The second kappa shape index (κ2) is 8.14. The summed E-state index contributed by atoms with van der Waals surface area (Å²) in [7, 11) is -3.45. The first kappa shape index (κ1) is 18.4. The summed E-state index contributed by atoms with van der Waals surface area (Å²) in [4.78, 5) is 12.4. The first-order chi connectivity index (χ1) is 10.3. The van der Waals surface area contributed by atoms with E-state index < -0.39 is 10.0 Å². The number of amides is 1. The second-order valence-electron chi connectivity index (χ2n) is 5.47. The molecule has 1 amide bonds. The van der Waals surface area contributed by atoms with Crippen molar-refractivity contribution in [2.45, 2.75) is 39.2 Å². The molecule has 0 saturated carbocycles. The van der Waals surface area contributed by atoms with Crippen LogP contribution in [0.3, 0.4) is 0 Å². The molecule has 7 heteroatoms. The van der Waals surface area contributed by atoms with E-state index in [0.29, 0.717) is 12.1 Å². The van der Waals surface area contributed by atoms with E-state index in [9.17, 15) is 13.2 Å². The molecule has 124 valence electrons. The molecule has 0 bridgehead atoms. The molecule has 1 aromatic rings. The van der Waals surface area contributed by atoms with Crippen LogP contribution in [0.4, 0.5) is 5.69 Å². The summed E-state index contributed by atoms with van der Waals surface area (Å²) in [6.45, 7) is 4.27. The van der Waals surface area contributed by atoms with E-state index in [4.69, 9.17) is 5.73 Å². The van der Waals surface area contributed by atoms with Gasteiger partial charge in [0.25, 0.3) is 5.91 Å². The third-order valence-corrected chi connectivity index (χ3v) is 3.83. The molecule has 0 saturated heterocycles. The first-order valence-electron chi connectivity index (χ1n) is 7.36. The quantitative estimate of drug-likeness (QED) is 0.675. The fourth-order valence-electron chi connectivity index (χ4n) is 2.10. The molecule has 6 nitrogen and oxygen atoms in total. The van der Waals surface area contributed by atoms with Gasteiger partial charge in [0.05, 0.1) is 17.5 Å². The molecule has 4 N–H and O–H groups in total. The summed E-state index contributed by atoms with van der Waals surface area (Å²) in [6.07, 6.45) is 3.86. The number of hydrogen-bond acceptors (Lipinski definition) is 4. The smallest absolute Gasteiger partial charge is 0.253 e. The van der Waals surface area contributed by atoms with Crippen LogP contribution in [0, 0.1) is 6.92 Å². The Labute approximate surface area is 132 Å². The Kier molecular flexibility index (Phi) is 6.83. The lowest BCUT2D eigenvalue weighted by atomic mass is 10.1. The van der Waals surface area contributed by atoms with Gasteiger partial charge in [-0.05, 0) is 25.5 Å². The maximum absolute atomic E-state index is 12.4. The van der Waals surface area contributed by atoms with Gasteiger partial charge in [-0.1, -0.05) is 31.4 Å². The van der Waals surface area contributed by atoms with Crippen molar-refractivity contribution < 1.29 is 13.2 Å².